The second-order valence-corrected chi connectivity index (χ2v) is 3.19. The predicted octanol–water partition coefficient (Wildman–Crippen LogP) is 1.71. The summed E-state index contributed by atoms with van der Waals surface area (Å²) in [5.74, 6) is -0.824. The van der Waals surface area contributed by atoms with Gasteiger partial charge in [0.05, 0.1) is 19.1 Å². The van der Waals surface area contributed by atoms with Crippen LogP contribution in [0.1, 0.15) is 5.56 Å². The van der Waals surface area contributed by atoms with Gasteiger partial charge in [-0.1, -0.05) is 0 Å². The Bertz CT molecular complexity index is 509. The lowest BCUT2D eigenvalue weighted by molar-refractivity contribution is -0.385. The molecule has 7 nitrogen and oxygen atoms in total. The van der Waals surface area contributed by atoms with E-state index in [1.807, 2.05) is 0 Å². The molecule has 1 N–H and O–H groups in total. The summed E-state index contributed by atoms with van der Waals surface area (Å²) in [6.45, 7) is 0. The molecule has 0 heterocycles. The Hall–Kier alpha value is -2.57. The SMILES string of the molecule is COc1cc(OC)c([N+](=O)[O-])cc1/C=C\C(=O)O. The monoisotopic (exact) mass is 253 g/mol. The number of carbonyl (C=O) groups is 1. The Labute approximate surface area is 102 Å². The van der Waals surface area contributed by atoms with Crippen LogP contribution in [0.3, 0.4) is 0 Å². The molecule has 0 spiro atoms. The Morgan fingerprint density at radius 1 is 1.33 bits per heavy atom. The lowest BCUT2D eigenvalue weighted by atomic mass is 10.1. The summed E-state index contributed by atoms with van der Waals surface area (Å²) in [5, 5.41) is 19.3. The van der Waals surface area contributed by atoms with Gasteiger partial charge in [0.15, 0.2) is 0 Å². The van der Waals surface area contributed by atoms with E-state index in [0.717, 1.165) is 6.08 Å². The highest BCUT2D eigenvalue weighted by atomic mass is 16.6. The molecule has 0 saturated heterocycles. The standard InChI is InChI=1S/C11H11NO6/c1-17-9-6-10(18-2)8(12(15)16)5-7(9)3-4-11(13)14/h3-6H,1-2H3,(H,13,14)/b4-3-. The smallest absolute Gasteiger partial charge is 0.328 e. The van der Waals surface area contributed by atoms with Crippen LogP contribution >= 0.6 is 0 Å². The highest BCUT2D eigenvalue weighted by Crippen LogP contribution is 2.34. The van der Waals surface area contributed by atoms with Gasteiger partial charge >= 0.3 is 11.7 Å². The Morgan fingerprint density at radius 2 is 1.94 bits per heavy atom. The molecule has 0 bridgehead atoms. The van der Waals surface area contributed by atoms with Crippen LogP contribution in [-0.4, -0.2) is 30.2 Å². The van der Waals surface area contributed by atoms with Gasteiger partial charge < -0.3 is 14.6 Å². The van der Waals surface area contributed by atoms with E-state index in [1.54, 1.807) is 0 Å². The molecule has 0 aromatic heterocycles. The van der Waals surface area contributed by atoms with Crippen LogP contribution in [0, 0.1) is 10.1 Å². The molecule has 1 aromatic carbocycles. The third kappa shape index (κ3) is 2.97. The number of carboxylic acid groups (broad SMARTS) is 1. The third-order valence-electron chi connectivity index (χ3n) is 2.13. The van der Waals surface area contributed by atoms with Gasteiger partial charge in [0, 0.05) is 23.8 Å². The highest BCUT2D eigenvalue weighted by molar-refractivity contribution is 5.86. The molecule has 0 radical (unpaired) electrons. The fourth-order valence-electron chi connectivity index (χ4n) is 1.34. The van der Waals surface area contributed by atoms with E-state index in [0.29, 0.717) is 0 Å². The molecule has 18 heavy (non-hydrogen) atoms. The summed E-state index contributed by atoms with van der Waals surface area (Å²) >= 11 is 0. The summed E-state index contributed by atoms with van der Waals surface area (Å²) in [5.41, 5.74) is 0.0238. The predicted molar refractivity (Wildman–Crippen MR) is 62.9 cm³/mol. The summed E-state index contributed by atoms with van der Waals surface area (Å²) in [6, 6.07) is 2.52. The van der Waals surface area contributed by atoms with Gasteiger partial charge in [-0.3, -0.25) is 10.1 Å². The second-order valence-electron chi connectivity index (χ2n) is 3.19. The van der Waals surface area contributed by atoms with E-state index in [2.05, 4.69) is 0 Å². The van der Waals surface area contributed by atoms with Crippen LogP contribution in [0.5, 0.6) is 11.5 Å². The van der Waals surface area contributed by atoms with Crippen LogP contribution in [0.25, 0.3) is 6.08 Å². The molecule has 7 heteroatoms. The van der Waals surface area contributed by atoms with Crippen LogP contribution in [0.4, 0.5) is 5.69 Å². The number of nitro benzene ring substituents is 1. The van der Waals surface area contributed by atoms with Gasteiger partial charge in [-0.2, -0.15) is 0 Å². The molecule has 0 atom stereocenters. The van der Waals surface area contributed by atoms with Gasteiger partial charge in [0.25, 0.3) is 0 Å². The zero-order valence-corrected chi connectivity index (χ0v) is 9.75. The van der Waals surface area contributed by atoms with Crippen molar-refractivity contribution in [3.63, 3.8) is 0 Å². The van der Waals surface area contributed by atoms with Crippen molar-refractivity contribution < 1.29 is 24.3 Å². The van der Waals surface area contributed by atoms with Gasteiger partial charge in [-0.25, -0.2) is 4.79 Å². The third-order valence-corrected chi connectivity index (χ3v) is 2.13. The van der Waals surface area contributed by atoms with Crippen molar-refractivity contribution >= 4 is 17.7 Å². The molecule has 1 aromatic rings. The molecular weight excluding hydrogens is 242 g/mol. The maximum absolute atomic E-state index is 10.8. The number of nitrogens with zero attached hydrogens (tertiary/aromatic N) is 1. The van der Waals surface area contributed by atoms with Crippen molar-refractivity contribution in [3.8, 4) is 11.5 Å². The largest absolute Gasteiger partial charge is 0.496 e. The van der Waals surface area contributed by atoms with Crippen molar-refractivity contribution in [2.24, 2.45) is 0 Å². The Morgan fingerprint density at radius 3 is 2.39 bits per heavy atom. The zero-order chi connectivity index (χ0) is 13.7. The molecule has 1 rings (SSSR count). The van der Waals surface area contributed by atoms with Crippen molar-refractivity contribution in [1.82, 2.24) is 0 Å². The minimum absolute atomic E-state index is 0.0457. The average Bonchev–Trinajstić information content (AvgIpc) is 2.34. The molecule has 0 aliphatic heterocycles. The van der Waals surface area contributed by atoms with Gasteiger partial charge in [0.2, 0.25) is 5.75 Å². The van der Waals surface area contributed by atoms with Crippen molar-refractivity contribution in [2.75, 3.05) is 14.2 Å². The van der Waals surface area contributed by atoms with Gasteiger partial charge in [-0.05, 0) is 6.08 Å². The highest BCUT2D eigenvalue weighted by Gasteiger charge is 2.18. The minimum Gasteiger partial charge on any atom is -0.496 e. The van der Waals surface area contributed by atoms with E-state index in [1.165, 1.54) is 32.4 Å². The number of aliphatic carboxylic acids is 1. The Kier molecular flexibility index (Phi) is 4.25. The fraction of sp³-hybridized carbons (Fsp3) is 0.182. The first-order valence-corrected chi connectivity index (χ1v) is 4.81. The van der Waals surface area contributed by atoms with E-state index < -0.39 is 10.9 Å². The van der Waals surface area contributed by atoms with Gasteiger partial charge in [-0.15, -0.1) is 0 Å². The van der Waals surface area contributed by atoms with Crippen LogP contribution in [-0.2, 0) is 4.79 Å². The van der Waals surface area contributed by atoms with Crippen LogP contribution in [0.15, 0.2) is 18.2 Å². The summed E-state index contributed by atoms with van der Waals surface area (Å²) < 4.78 is 9.88. The molecule has 0 amide bonds. The molecule has 0 aliphatic rings. The molecular formula is C11H11NO6. The first kappa shape index (κ1) is 13.5. The number of ether oxygens (including phenoxy) is 2. The molecule has 0 fully saturated rings. The van der Waals surface area contributed by atoms with E-state index in [-0.39, 0.29) is 22.7 Å². The lowest BCUT2D eigenvalue weighted by Gasteiger charge is -2.08. The quantitative estimate of drug-likeness (QED) is 0.487. The van der Waals surface area contributed by atoms with E-state index in [4.69, 9.17) is 14.6 Å². The van der Waals surface area contributed by atoms with Crippen LogP contribution in [0.2, 0.25) is 0 Å². The normalized spacial score (nSPS) is 10.3. The van der Waals surface area contributed by atoms with E-state index in [9.17, 15) is 14.9 Å². The number of rotatable bonds is 5. The topological polar surface area (TPSA) is 98.9 Å². The van der Waals surface area contributed by atoms with Gasteiger partial charge in [0.1, 0.15) is 5.75 Å². The number of carboxylic acids is 1. The van der Waals surface area contributed by atoms with Crippen LogP contribution < -0.4 is 9.47 Å². The van der Waals surface area contributed by atoms with Crippen molar-refractivity contribution in [1.29, 1.82) is 0 Å². The molecule has 96 valence electrons. The molecule has 0 saturated carbocycles. The first-order valence-electron chi connectivity index (χ1n) is 4.81. The first-order chi connectivity index (χ1) is 8.49. The summed E-state index contributed by atoms with van der Waals surface area (Å²) in [6.07, 6.45) is 2.08. The number of hydrogen-bond donors (Lipinski definition) is 1. The number of hydrogen-bond acceptors (Lipinski definition) is 5. The lowest BCUT2D eigenvalue weighted by Crippen LogP contribution is -1.97. The maximum Gasteiger partial charge on any atom is 0.328 e. The number of benzene rings is 1. The summed E-state index contributed by atoms with van der Waals surface area (Å²) in [4.78, 5) is 20.6. The molecule has 0 unspecified atom stereocenters. The van der Waals surface area contributed by atoms with Crippen molar-refractivity contribution in [2.45, 2.75) is 0 Å². The zero-order valence-electron chi connectivity index (χ0n) is 9.75. The number of methoxy groups -OCH3 is 2. The number of nitro groups is 1. The minimum atomic E-state index is -1.16. The second kappa shape index (κ2) is 5.67. The average molecular weight is 253 g/mol. The van der Waals surface area contributed by atoms with E-state index >= 15 is 0 Å². The maximum atomic E-state index is 10.8. The fourth-order valence-corrected chi connectivity index (χ4v) is 1.34. The molecule has 0 aliphatic carbocycles. The summed E-state index contributed by atoms with van der Waals surface area (Å²) in [7, 11) is 2.67. The Balaban J connectivity index is 3.36. The van der Waals surface area contributed by atoms with Crippen molar-refractivity contribution in [3.05, 3.63) is 33.9 Å².